The molecule has 1 unspecified atom stereocenters. The van der Waals surface area contributed by atoms with Gasteiger partial charge in [0.05, 0.1) is 5.69 Å². The highest BCUT2D eigenvalue weighted by Crippen LogP contribution is 2.37. The van der Waals surface area contributed by atoms with Gasteiger partial charge in [-0.05, 0) is 50.1 Å². The largest absolute Gasteiger partial charge is 0.309 e. The molecule has 1 atom stereocenters. The van der Waals surface area contributed by atoms with Crippen LogP contribution in [-0.2, 0) is 11.2 Å². The van der Waals surface area contributed by atoms with Gasteiger partial charge in [0, 0.05) is 47.1 Å². The molecule has 2 aromatic heterocycles. The molecule has 0 saturated heterocycles. The molecule has 3 heterocycles. The predicted molar refractivity (Wildman–Crippen MR) is 111 cm³/mol. The molecule has 1 aromatic carbocycles. The highest BCUT2D eigenvalue weighted by molar-refractivity contribution is 7.16. The molecule has 1 N–H and O–H groups in total. The maximum Gasteiger partial charge on any atom is 0.257 e. The van der Waals surface area contributed by atoms with Crippen molar-refractivity contribution < 1.29 is 9.59 Å². The van der Waals surface area contributed by atoms with Gasteiger partial charge in [-0.3, -0.25) is 19.9 Å². The Hall–Kier alpha value is -3.06. The Morgan fingerprint density at radius 2 is 1.96 bits per heavy atom. The van der Waals surface area contributed by atoms with E-state index < -0.39 is 0 Å². The fourth-order valence-corrected chi connectivity index (χ4v) is 4.48. The van der Waals surface area contributed by atoms with Crippen LogP contribution in [0.25, 0.3) is 11.3 Å². The summed E-state index contributed by atoms with van der Waals surface area (Å²) in [6.07, 6.45) is 4.00. The highest BCUT2D eigenvalue weighted by Gasteiger charge is 2.29. The number of aromatic nitrogens is 2. The van der Waals surface area contributed by atoms with E-state index in [2.05, 4.69) is 28.3 Å². The van der Waals surface area contributed by atoms with Gasteiger partial charge in [0.15, 0.2) is 5.13 Å². The molecule has 0 fully saturated rings. The average molecular weight is 392 g/mol. The number of rotatable bonds is 3. The molecule has 0 aliphatic carbocycles. The van der Waals surface area contributed by atoms with Crippen molar-refractivity contribution >= 4 is 34.0 Å². The number of aryl methyl sites for hydroxylation is 1. The second-order valence-electron chi connectivity index (χ2n) is 6.90. The van der Waals surface area contributed by atoms with E-state index in [4.69, 9.17) is 0 Å². The first kappa shape index (κ1) is 18.3. The molecule has 0 spiro atoms. The molecule has 3 aromatic rings. The molecule has 4 rings (SSSR count). The molecule has 2 amide bonds. The van der Waals surface area contributed by atoms with Crippen molar-refractivity contribution in [3.63, 3.8) is 0 Å². The Bertz CT molecular complexity index is 1060. The van der Waals surface area contributed by atoms with Gasteiger partial charge >= 0.3 is 0 Å². The van der Waals surface area contributed by atoms with Crippen molar-refractivity contribution in [3.05, 3.63) is 58.7 Å². The summed E-state index contributed by atoms with van der Waals surface area (Å²) < 4.78 is 0. The van der Waals surface area contributed by atoms with Crippen molar-refractivity contribution in [3.8, 4) is 11.3 Å². The predicted octanol–water partition coefficient (Wildman–Crippen LogP) is 4.06. The van der Waals surface area contributed by atoms with Gasteiger partial charge in [-0.25, -0.2) is 4.98 Å². The van der Waals surface area contributed by atoms with Crippen LogP contribution in [0.4, 0.5) is 10.8 Å². The number of hydrogen-bond donors (Lipinski definition) is 1. The second kappa shape index (κ2) is 7.16. The van der Waals surface area contributed by atoms with E-state index >= 15 is 0 Å². The zero-order valence-corrected chi connectivity index (χ0v) is 16.7. The number of hydrogen-bond acceptors (Lipinski definition) is 5. The molecule has 28 heavy (non-hydrogen) atoms. The summed E-state index contributed by atoms with van der Waals surface area (Å²) >= 11 is 1.45. The Balaban J connectivity index is 1.60. The fraction of sp³-hybridized carbons (Fsp3) is 0.238. The average Bonchev–Trinajstić information content (AvgIpc) is 3.20. The third-order valence-electron chi connectivity index (χ3n) is 4.87. The minimum Gasteiger partial charge on any atom is -0.309 e. The van der Waals surface area contributed by atoms with Crippen molar-refractivity contribution in [1.29, 1.82) is 0 Å². The minimum absolute atomic E-state index is 0.0601. The Morgan fingerprint density at radius 3 is 2.68 bits per heavy atom. The molecule has 0 bridgehead atoms. The minimum atomic E-state index is -0.206. The smallest absolute Gasteiger partial charge is 0.257 e. The van der Waals surface area contributed by atoms with Crippen molar-refractivity contribution in [2.75, 3.05) is 10.2 Å². The lowest BCUT2D eigenvalue weighted by molar-refractivity contribution is -0.116. The Kier molecular flexibility index (Phi) is 4.68. The third-order valence-corrected chi connectivity index (χ3v) is 5.75. The molecular formula is C21H20N4O2S. The normalized spacial score (nSPS) is 15.4. The van der Waals surface area contributed by atoms with E-state index in [0.29, 0.717) is 10.7 Å². The van der Waals surface area contributed by atoms with E-state index in [-0.39, 0.29) is 17.9 Å². The topological polar surface area (TPSA) is 75.2 Å². The van der Waals surface area contributed by atoms with Gasteiger partial charge in [0.25, 0.3) is 5.91 Å². The van der Waals surface area contributed by atoms with Crippen LogP contribution in [0.2, 0.25) is 0 Å². The molecule has 7 heteroatoms. The van der Waals surface area contributed by atoms with Gasteiger partial charge in [0.2, 0.25) is 5.91 Å². The van der Waals surface area contributed by atoms with E-state index in [1.807, 2.05) is 24.0 Å². The first-order chi connectivity index (χ1) is 13.4. The lowest BCUT2D eigenvalue weighted by Gasteiger charge is -2.20. The summed E-state index contributed by atoms with van der Waals surface area (Å²) in [4.78, 5) is 35.7. The molecule has 0 radical (unpaired) electrons. The number of amides is 2. The summed E-state index contributed by atoms with van der Waals surface area (Å²) in [5.74, 6) is -0.146. The number of anilines is 2. The number of benzene rings is 1. The third kappa shape index (κ3) is 3.29. The van der Waals surface area contributed by atoms with Crippen LogP contribution in [-0.4, -0.2) is 27.8 Å². The van der Waals surface area contributed by atoms with Crippen LogP contribution >= 0.6 is 11.3 Å². The molecule has 0 saturated carbocycles. The maximum absolute atomic E-state index is 12.4. The lowest BCUT2D eigenvalue weighted by atomic mass is 10.0. The Morgan fingerprint density at radius 1 is 1.21 bits per heavy atom. The first-order valence-corrected chi connectivity index (χ1v) is 9.87. The quantitative estimate of drug-likeness (QED) is 0.729. The van der Waals surface area contributed by atoms with E-state index in [0.717, 1.165) is 33.8 Å². The van der Waals surface area contributed by atoms with Gasteiger partial charge in [0.1, 0.15) is 0 Å². The van der Waals surface area contributed by atoms with E-state index in [1.165, 1.54) is 11.3 Å². The molecule has 6 nitrogen and oxygen atoms in total. The number of fused-ring (bicyclic) bond motifs is 1. The van der Waals surface area contributed by atoms with E-state index in [9.17, 15) is 9.59 Å². The highest BCUT2D eigenvalue weighted by atomic mass is 32.1. The lowest BCUT2D eigenvalue weighted by Crippen LogP contribution is -2.33. The van der Waals surface area contributed by atoms with Crippen LogP contribution in [0.5, 0.6) is 0 Å². The number of carbonyl (C=O) groups excluding carboxylic acids is 2. The molecule has 1 aliphatic heterocycles. The maximum atomic E-state index is 12.4. The molecule has 1 aliphatic rings. The van der Waals surface area contributed by atoms with Crippen molar-refractivity contribution in [2.45, 2.75) is 33.2 Å². The standard InChI is InChI=1S/C21H20N4O2S/c1-12-10-17-11-16(4-5-18(17)25(12)14(3)26)19-13(2)28-21(23-19)24-20(27)15-6-8-22-9-7-15/h4-9,11-12H,10H2,1-3H3,(H,23,24,27). The number of carbonyl (C=O) groups is 2. The van der Waals surface area contributed by atoms with Crippen LogP contribution in [0, 0.1) is 6.92 Å². The fourth-order valence-electron chi connectivity index (χ4n) is 3.65. The summed E-state index contributed by atoms with van der Waals surface area (Å²) in [6.45, 7) is 5.65. The molecular weight excluding hydrogens is 372 g/mol. The summed E-state index contributed by atoms with van der Waals surface area (Å²) in [5.41, 5.74) is 4.51. The number of nitrogens with zero attached hydrogens (tertiary/aromatic N) is 3. The Labute approximate surface area is 167 Å². The zero-order valence-electron chi connectivity index (χ0n) is 15.9. The summed E-state index contributed by atoms with van der Waals surface area (Å²) in [5, 5.41) is 3.42. The van der Waals surface area contributed by atoms with Crippen LogP contribution in [0.15, 0.2) is 42.7 Å². The molecule has 142 valence electrons. The van der Waals surface area contributed by atoms with Crippen molar-refractivity contribution in [1.82, 2.24) is 9.97 Å². The summed E-state index contributed by atoms with van der Waals surface area (Å²) in [6, 6.07) is 9.57. The number of thiazole rings is 1. The van der Waals surface area contributed by atoms with Crippen LogP contribution in [0.1, 0.15) is 34.6 Å². The zero-order chi connectivity index (χ0) is 19.8. The van der Waals surface area contributed by atoms with Gasteiger partial charge in [-0.15, -0.1) is 11.3 Å². The van der Waals surface area contributed by atoms with Crippen LogP contribution in [0.3, 0.4) is 0 Å². The number of pyridine rings is 1. The first-order valence-electron chi connectivity index (χ1n) is 9.06. The SMILES string of the molecule is CC(=O)N1c2ccc(-c3nc(NC(=O)c4ccncc4)sc3C)cc2CC1C. The number of nitrogens with one attached hydrogen (secondary N) is 1. The van der Waals surface area contributed by atoms with Crippen LogP contribution < -0.4 is 10.2 Å². The monoisotopic (exact) mass is 392 g/mol. The second-order valence-corrected chi connectivity index (χ2v) is 8.10. The van der Waals surface area contributed by atoms with Crippen molar-refractivity contribution in [2.24, 2.45) is 0 Å². The van der Waals surface area contributed by atoms with Gasteiger partial charge in [-0.1, -0.05) is 6.07 Å². The van der Waals surface area contributed by atoms with Gasteiger partial charge < -0.3 is 4.90 Å². The van der Waals surface area contributed by atoms with Gasteiger partial charge in [-0.2, -0.15) is 0 Å². The summed E-state index contributed by atoms with van der Waals surface area (Å²) in [7, 11) is 0. The van der Waals surface area contributed by atoms with E-state index in [1.54, 1.807) is 31.5 Å².